The van der Waals surface area contributed by atoms with Crippen LogP contribution < -0.4 is 0 Å². The highest BCUT2D eigenvalue weighted by Crippen LogP contribution is 2.17. The second kappa shape index (κ2) is 6.99. The van der Waals surface area contributed by atoms with Crippen LogP contribution in [0.1, 0.15) is 19.8 Å². The molecule has 0 aliphatic heterocycles. The molecule has 20 heavy (non-hydrogen) atoms. The summed E-state index contributed by atoms with van der Waals surface area (Å²) in [5.41, 5.74) is -0.213. The Balaban J connectivity index is 2.73. The zero-order chi connectivity index (χ0) is 15.2. The molecule has 8 heteroatoms. The Morgan fingerprint density at radius 3 is 2.40 bits per heavy atom. The lowest BCUT2D eigenvalue weighted by molar-refractivity contribution is -0.384. The summed E-state index contributed by atoms with van der Waals surface area (Å²) in [6, 6.07) is 4.37. The van der Waals surface area contributed by atoms with Crippen molar-refractivity contribution in [2.45, 2.75) is 24.7 Å². The molecule has 0 fully saturated rings. The molecule has 7 nitrogen and oxygen atoms in total. The molecule has 0 aliphatic carbocycles. The maximum atomic E-state index is 11.9. The number of carbonyl (C=O) groups excluding carboxylic acids is 1. The third-order valence-corrected chi connectivity index (χ3v) is 4.08. The largest absolute Gasteiger partial charge is 0.465 e. The minimum Gasteiger partial charge on any atom is -0.465 e. The number of esters is 1. The standard InChI is InChI=1S/C12H15NO6S/c1-2-3-8-19-12(14)9-20(17,18)11-6-4-10(5-7-11)13(15)16/h4-7H,2-3,8-9H2,1H3. The highest BCUT2D eigenvalue weighted by Gasteiger charge is 2.21. The highest BCUT2D eigenvalue weighted by atomic mass is 32.2. The number of rotatable bonds is 7. The molecule has 1 aromatic carbocycles. The van der Waals surface area contributed by atoms with Crippen molar-refractivity contribution < 1.29 is 22.9 Å². The van der Waals surface area contributed by atoms with Crippen molar-refractivity contribution in [3.8, 4) is 0 Å². The van der Waals surface area contributed by atoms with Crippen LogP contribution in [0, 0.1) is 10.1 Å². The van der Waals surface area contributed by atoms with E-state index in [9.17, 15) is 23.3 Å². The fraction of sp³-hybridized carbons (Fsp3) is 0.417. The molecule has 0 spiro atoms. The SMILES string of the molecule is CCCCOC(=O)CS(=O)(=O)c1ccc([N+](=O)[O-])cc1. The Bertz CT molecular complexity index is 578. The Labute approximate surface area is 116 Å². The smallest absolute Gasteiger partial charge is 0.321 e. The average Bonchev–Trinajstić information content (AvgIpc) is 2.38. The molecule has 0 unspecified atom stereocenters. The summed E-state index contributed by atoms with van der Waals surface area (Å²) in [6.45, 7) is 2.10. The third-order valence-electron chi connectivity index (χ3n) is 2.48. The van der Waals surface area contributed by atoms with Gasteiger partial charge in [-0.2, -0.15) is 0 Å². The number of hydrogen-bond donors (Lipinski definition) is 0. The molecule has 0 aliphatic rings. The first-order valence-electron chi connectivity index (χ1n) is 5.99. The van der Waals surface area contributed by atoms with Crippen LogP contribution in [-0.2, 0) is 19.4 Å². The van der Waals surface area contributed by atoms with Crippen molar-refractivity contribution in [2.75, 3.05) is 12.4 Å². The van der Waals surface area contributed by atoms with Gasteiger partial charge >= 0.3 is 5.97 Å². The number of ether oxygens (including phenoxy) is 1. The first kappa shape index (κ1) is 16.1. The number of non-ortho nitro benzene ring substituents is 1. The second-order valence-electron chi connectivity index (χ2n) is 4.08. The monoisotopic (exact) mass is 301 g/mol. The maximum Gasteiger partial charge on any atom is 0.321 e. The van der Waals surface area contributed by atoms with E-state index in [1.165, 1.54) is 0 Å². The normalized spacial score (nSPS) is 11.1. The highest BCUT2D eigenvalue weighted by molar-refractivity contribution is 7.92. The van der Waals surface area contributed by atoms with Gasteiger partial charge < -0.3 is 4.74 Å². The van der Waals surface area contributed by atoms with Crippen molar-refractivity contribution in [1.29, 1.82) is 0 Å². The Kier molecular flexibility index (Phi) is 5.63. The molecule has 110 valence electrons. The van der Waals surface area contributed by atoms with Crippen molar-refractivity contribution in [1.82, 2.24) is 0 Å². The van der Waals surface area contributed by atoms with E-state index >= 15 is 0 Å². The zero-order valence-electron chi connectivity index (χ0n) is 10.9. The first-order chi connectivity index (χ1) is 9.36. The van der Waals surface area contributed by atoms with Gasteiger partial charge in [-0.1, -0.05) is 13.3 Å². The van der Waals surface area contributed by atoms with E-state index in [0.29, 0.717) is 6.42 Å². The average molecular weight is 301 g/mol. The van der Waals surface area contributed by atoms with E-state index in [2.05, 4.69) is 0 Å². The van der Waals surface area contributed by atoms with E-state index < -0.39 is 26.5 Å². The van der Waals surface area contributed by atoms with Crippen LogP contribution in [0.4, 0.5) is 5.69 Å². The summed E-state index contributed by atoms with van der Waals surface area (Å²) in [7, 11) is -3.84. The van der Waals surface area contributed by atoms with Gasteiger partial charge in [-0.05, 0) is 18.6 Å². The minimum atomic E-state index is -3.84. The second-order valence-corrected chi connectivity index (χ2v) is 6.07. The first-order valence-corrected chi connectivity index (χ1v) is 7.65. The molecular formula is C12H15NO6S. The lowest BCUT2D eigenvalue weighted by Crippen LogP contribution is -2.19. The van der Waals surface area contributed by atoms with Crippen LogP contribution in [0.3, 0.4) is 0 Å². The lowest BCUT2D eigenvalue weighted by Gasteiger charge is -2.05. The molecular weight excluding hydrogens is 286 g/mol. The van der Waals surface area contributed by atoms with Crippen LogP contribution in [0.15, 0.2) is 29.2 Å². The number of hydrogen-bond acceptors (Lipinski definition) is 6. The number of nitro groups is 1. The van der Waals surface area contributed by atoms with Gasteiger partial charge in [-0.25, -0.2) is 8.42 Å². The van der Waals surface area contributed by atoms with Gasteiger partial charge in [0.2, 0.25) is 0 Å². The number of nitro benzene ring substituents is 1. The molecule has 0 radical (unpaired) electrons. The van der Waals surface area contributed by atoms with Gasteiger partial charge in [0.15, 0.2) is 15.6 Å². The van der Waals surface area contributed by atoms with E-state index in [4.69, 9.17) is 4.74 Å². The van der Waals surface area contributed by atoms with Gasteiger partial charge in [-0.3, -0.25) is 14.9 Å². The summed E-state index contributed by atoms with van der Waals surface area (Å²) in [6.07, 6.45) is 1.51. The minimum absolute atomic E-state index is 0.143. The van der Waals surface area contributed by atoms with Crippen LogP contribution in [0.2, 0.25) is 0 Å². The van der Waals surface area contributed by atoms with E-state index in [1.54, 1.807) is 0 Å². The van der Waals surface area contributed by atoms with Gasteiger partial charge in [0, 0.05) is 12.1 Å². The Morgan fingerprint density at radius 2 is 1.90 bits per heavy atom. The predicted molar refractivity (Wildman–Crippen MR) is 71.0 cm³/mol. The van der Waals surface area contributed by atoms with Crippen LogP contribution >= 0.6 is 0 Å². The number of benzene rings is 1. The molecule has 0 saturated heterocycles. The summed E-state index contributed by atoms with van der Waals surface area (Å²) in [4.78, 5) is 21.1. The van der Waals surface area contributed by atoms with Gasteiger partial charge in [0.1, 0.15) is 0 Å². The fourth-order valence-electron chi connectivity index (χ4n) is 1.39. The topological polar surface area (TPSA) is 104 Å². The number of carbonyl (C=O) groups is 1. The zero-order valence-corrected chi connectivity index (χ0v) is 11.8. The van der Waals surface area contributed by atoms with Crippen molar-refractivity contribution >= 4 is 21.5 Å². The summed E-state index contributed by atoms with van der Waals surface area (Å²) in [5.74, 6) is -1.59. The predicted octanol–water partition coefficient (Wildman–Crippen LogP) is 1.71. The summed E-state index contributed by atoms with van der Waals surface area (Å²) >= 11 is 0. The maximum absolute atomic E-state index is 11.9. The van der Waals surface area contributed by atoms with Gasteiger partial charge in [-0.15, -0.1) is 0 Å². The fourth-order valence-corrected chi connectivity index (χ4v) is 2.50. The molecule has 0 heterocycles. The van der Waals surface area contributed by atoms with Crippen molar-refractivity contribution in [3.05, 3.63) is 34.4 Å². The molecule has 0 amide bonds. The molecule has 0 N–H and O–H groups in total. The van der Waals surface area contributed by atoms with Crippen LogP contribution in [-0.4, -0.2) is 31.7 Å². The van der Waals surface area contributed by atoms with Gasteiger partial charge in [0.25, 0.3) is 5.69 Å². The van der Waals surface area contributed by atoms with E-state index in [-0.39, 0.29) is 17.2 Å². The van der Waals surface area contributed by atoms with Gasteiger partial charge in [0.05, 0.1) is 16.4 Å². The van der Waals surface area contributed by atoms with Crippen LogP contribution in [0.5, 0.6) is 0 Å². The van der Waals surface area contributed by atoms with Crippen molar-refractivity contribution in [2.24, 2.45) is 0 Å². The molecule has 0 bridgehead atoms. The van der Waals surface area contributed by atoms with E-state index in [1.807, 2.05) is 6.92 Å². The summed E-state index contributed by atoms with van der Waals surface area (Å²) < 4.78 is 28.5. The molecule has 1 aromatic rings. The van der Waals surface area contributed by atoms with Crippen LogP contribution in [0.25, 0.3) is 0 Å². The Morgan fingerprint density at radius 1 is 1.30 bits per heavy atom. The van der Waals surface area contributed by atoms with E-state index in [0.717, 1.165) is 30.7 Å². The number of nitrogens with zero attached hydrogens (tertiary/aromatic N) is 1. The number of unbranched alkanes of at least 4 members (excludes halogenated alkanes) is 1. The quantitative estimate of drug-likeness (QED) is 0.329. The molecule has 0 atom stereocenters. The molecule has 0 saturated carbocycles. The van der Waals surface area contributed by atoms with Crippen molar-refractivity contribution in [3.63, 3.8) is 0 Å². The summed E-state index contributed by atoms with van der Waals surface area (Å²) in [5, 5.41) is 10.5. The lowest BCUT2D eigenvalue weighted by atomic mass is 10.3. The third kappa shape index (κ3) is 4.61. The molecule has 1 rings (SSSR count). The molecule has 0 aromatic heterocycles. The Hall–Kier alpha value is -1.96. The number of sulfone groups is 1.